The Hall–Kier alpha value is -1.26. The molecule has 0 radical (unpaired) electrons. The number of halogens is 1. The summed E-state index contributed by atoms with van der Waals surface area (Å²) in [6.45, 7) is 5.36. The maximum absolute atomic E-state index is 12.2. The fourth-order valence-electron chi connectivity index (χ4n) is 2.32. The van der Waals surface area contributed by atoms with Crippen molar-refractivity contribution in [2.75, 3.05) is 18.5 Å². The van der Waals surface area contributed by atoms with E-state index in [0.29, 0.717) is 23.1 Å². The van der Waals surface area contributed by atoms with Crippen LogP contribution in [-0.2, 0) is 4.79 Å². The minimum atomic E-state index is -0.00606. The Morgan fingerprint density at radius 2 is 2.37 bits per heavy atom. The molecule has 0 aromatic heterocycles. The molecule has 0 aliphatic carbocycles. The molecule has 2 unspecified atom stereocenters. The summed E-state index contributed by atoms with van der Waals surface area (Å²) in [5.74, 6) is 0.660. The van der Waals surface area contributed by atoms with Gasteiger partial charge in [-0.05, 0) is 45.0 Å². The Balaban J connectivity index is 2.13. The molecule has 2 rings (SSSR count). The molecule has 0 bridgehead atoms. The third kappa shape index (κ3) is 3.39. The second-order valence-electron chi connectivity index (χ2n) is 4.70. The summed E-state index contributed by atoms with van der Waals surface area (Å²) in [5.41, 5.74) is 0.637. The number of rotatable bonds is 4. The fourth-order valence-corrected chi connectivity index (χ4v) is 2.50. The largest absolute Gasteiger partial charge is 0.492 e. The standard InChI is InChI=1S/C14H19ClN2O2/c1-3-19-13-5-4-10(15)8-12(13)17-14(18)11-6-7-16-9(11)2/h4-5,8-9,11,16H,3,6-7H2,1-2H3,(H,17,18). The first kappa shape index (κ1) is 14.2. The van der Waals surface area contributed by atoms with Gasteiger partial charge in [0.15, 0.2) is 0 Å². The predicted molar refractivity (Wildman–Crippen MR) is 76.8 cm³/mol. The van der Waals surface area contributed by atoms with Crippen LogP contribution in [0.3, 0.4) is 0 Å². The van der Waals surface area contributed by atoms with Gasteiger partial charge in [0.2, 0.25) is 5.91 Å². The van der Waals surface area contributed by atoms with E-state index in [4.69, 9.17) is 16.3 Å². The van der Waals surface area contributed by atoms with Gasteiger partial charge < -0.3 is 15.4 Å². The maximum Gasteiger partial charge on any atom is 0.229 e. The maximum atomic E-state index is 12.2. The summed E-state index contributed by atoms with van der Waals surface area (Å²) in [6.07, 6.45) is 0.859. The van der Waals surface area contributed by atoms with E-state index in [-0.39, 0.29) is 17.9 Å². The molecule has 104 valence electrons. The first-order valence-corrected chi connectivity index (χ1v) is 6.96. The third-order valence-corrected chi connectivity index (χ3v) is 3.60. The van der Waals surface area contributed by atoms with Gasteiger partial charge in [-0.3, -0.25) is 4.79 Å². The molecule has 1 aliphatic heterocycles. The van der Waals surface area contributed by atoms with Crippen molar-refractivity contribution in [3.05, 3.63) is 23.2 Å². The Morgan fingerprint density at radius 3 is 3.00 bits per heavy atom. The molecular formula is C14H19ClN2O2. The number of hydrogen-bond acceptors (Lipinski definition) is 3. The SMILES string of the molecule is CCOc1ccc(Cl)cc1NC(=O)C1CCNC1C. The fraction of sp³-hybridized carbons (Fsp3) is 0.500. The van der Waals surface area contributed by atoms with E-state index in [9.17, 15) is 4.79 Å². The lowest BCUT2D eigenvalue weighted by molar-refractivity contribution is -0.120. The summed E-state index contributed by atoms with van der Waals surface area (Å²) in [6, 6.07) is 5.45. The summed E-state index contributed by atoms with van der Waals surface area (Å²) < 4.78 is 5.49. The molecule has 1 aliphatic rings. The van der Waals surface area contributed by atoms with Gasteiger partial charge in [-0.1, -0.05) is 11.6 Å². The molecule has 1 heterocycles. The molecule has 0 saturated carbocycles. The lowest BCUT2D eigenvalue weighted by Crippen LogP contribution is -2.32. The van der Waals surface area contributed by atoms with E-state index < -0.39 is 0 Å². The second kappa shape index (κ2) is 6.26. The normalized spacial score (nSPS) is 22.3. The van der Waals surface area contributed by atoms with Crippen LogP contribution in [0, 0.1) is 5.92 Å². The van der Waals surface area contributed by atoms with Gasteiger partial charge >= 0.3 is 0 Å². The van der Waals surface area contributed by atoms with Gasteiger partial charge in [0.25, 0.3) is 0 Å². The Morgan fingerprint density at radius 1 is 1.58 bits per heavy atom. The molecule has 0 spiro atoms. The van der Waals surface area contributed by atoms with E-state index in [1.807, 2.05) is 13.8 Å². The molecule has 5 heteroatoms. The van der Waals surface area contributed by atoms with E-state index >= 15 is 0 Å². The van der Waals surface area contributed by atoms with Crippen LogP contribution in [0.15, 0.2) is 18.2 Å². The lowest BCUT2D eigenvalue weighted by Gasteiger charge is -2.17. The Kier molecular flexibility index (Phi) is 4.66. The molecule has 2 N–H and O–H groups in total. The molecule has 1 aromatic rings. The van der Waals surface area contributed by atoms with Crippen LogP contribution in [-0.4, -0.2) is 25.1 Å². The van der Waals surface area contributed by atoms with Gasteiger partial charge in [0.05, 0.1) is 18.2 Å². The van der Waals surface area contributed by atoms with Gasteiger partial charge in [0, 0.05) is 11.1 Å². The summed E-state index contributed by atoms with van der Waals surface area (Å²) in [4.78, 5) is 12.2. The van der Waals surface area contributed by atoms with Gasteiger partial charge in [-0.25, -0.2) is 0 Å². The molecule has 1 amide bonds. The molecule has 2 atom stereocenters. The van der Waals surface area contributed by atoms with Crippen LogP contribution in [0.5, 0.6) is 5.75 Å². The monoisotopic (exact) mass is 282 g/mol. The highest BCUT2D eigenvalue weighted by atomic mass is 35.5. The van der Waals surface area contributed by atoms with Crippen LogP contribution in [0.1, 0.15) is 20.3 Å². The second-order valence-corrected chi connectivity index (χ2v) is 5.14. The molecule has 4 nitrogen and oxygen atoms in total. The van der Waals surface area contributed by atoms with Crippen molar-refractivity contribution in [1.29, 1.82) is 0 Å². The highest BCUT2D eigenvalue weighted by Gasteiger charge is 2.29. The predicted octanol–water partition coefficient (Wildman–Crippen LogP) is 2.68. The molecule has 1 fully saturated rings. The molecule has 19 heavy (non-hydrogen) atoms. The quantitative estimate of drug-likeness (QED) is 0.893. The number of benzene rings is 1. The summed E-state index contributed by atoms with van der Waals surface area (Å²) in [5, 5.41) is 6.77. The molecular weight excluding hydrogens is 264 g/mol. The van der Waals surface area contributed by atoms with Crippen molar-refractivity contribution < 1.29 is 9.53 Å². The average Bonchev–Trinajstić information content (AvgIpc) is 2.79. The van der Waals surface area contributed by atoms with Crippen molar-refractivity contribution in [2.24, 2.45) is 5.92 Å². The van der Waals surface area contributed by atoms with Crippen molar-refractivity contribution in [3.63, 3.8) is 0 Å². The van der Waals surface area contributed by atoms with Crippen molar-refractivity contribution in [3.8, 4) is 5.75 Å². The number of anilines is 1. The van der Waals surface area contributed by atoms with Gasteiger partial charge in [0.1, 0.15) is 5.75 Å². The highest BCUT2D eigenvalue weighted by molar-refractivity contribution is 6.31. The van der Waals surface area contributed by atoms with E-state index in [1.165, 1.54) is 0 Å². The zero-order chi connectivity index (χ0) is 13.8. The number of hydrogen-bond donors (Lipinski definition) is 2. The number of carbonyl (C=O) groups is 1. The summed E-state index contributed by atoms with van der Waals surface area (Å²) >= 11 is 5.97. The van der Waals surface area contributed by atoms with Gasteiger partial charge in [-0.2, -0.15) is 0 Å². The highest BCUT2D eigenvalue weighted by Crippen LogP contribution is 2.29. The third-order valence-electron chi connectivity index (χ3n) is 3.36. The van der Waals surface area contributed by atoms with Crippen LogP contribution in [0.4, 0.5) is 5.69 Å². The van der Waals surface area contributed by atoms with Crippen molar-refractivity contribution >= 4 is 23.2 Å². The van der Waals surface area contributed by atoms with E-state index in [2.05, 4.69) is 10.6 Å². The van der Waals surface area contributed by atoms with Crippen LogP contribution in [0.25, 0.3) is 0 Å². The lowest BCUT2D eigenvalue weighted by atomic mass is 10.0. The minimum absolute atomic E-state index is 0.00606. The molecule has 1 aromatic carbocycles. The number of nitrogens with one attached hydrogen (secondary N) is 2. The van der Waals surface area contributed by atoms with Gasteiger partial charge in [-0.15, -0.1) is 0 Å². The first-order valence-electron chi connectivity index (χ1n) is 6.58. The zero-order valence-corrected chi connectivity index (χ0v) is 12.0. The summed E-state index contributed by atoms with van der Waals surface area (Å²) in [7, 11) is 0. The topological polar surface area (TPSA) is 50.4 Å². The zero-order valence-electron chi connectivity index (χ0n) is 11.2. The number of carbonyl (C=O) groups excluding carboxylic acids is 1. The number of amides is 1. The minimum Gasteiger partial charge on any atom is -0.492 e. The van der Waals surface area contributed by atoms with E-state index in [1.54, 1.807) is 18.2 Å². The van der Waals surface area contributed by atoms with Crippen LogP contribution in [0.2, 0.25) is 5.02 Å². The molecule has 1 saturated heterocycles. The van der Waals surface area contributed by atoms with Crippen LogP contribution < -0.4 is 15.4 Å². The van der Waals surface area contributed by atoms with Crippen molar-refractivity contribution in [1.82, 2.24) is 5.32 Å². The van der Waals surface area contributed by atoms with Crippen molar-refractivity contribution in [2.45, 2.75) is 26.3 Å². The van der Waals surface area contributed by atoms with E-state index in [0.717, 1.165) is 13.0 Å². The first-order chi connectivity index (χ1) is 9.11. The number of ether oxygens (including phenoxy) is 1. The Bertz CT molecular complexity index is 465. The van der Waals surface area contributed by atoms with Crippen LogP contribution >= 0.6 is 11.6 Å². The average molecular weight is 283 g/mol. The Labute approximate surface area is 118 Å². The smallest absolute Gasteiger partial charge is 0.229 e.